The summed E-state index contributed by atoms with van der Waals surface area (Å²) in [6.07, 6.45) is 9.10. The second kappa shape index (κ2) is 6.06. The molecule has 0 bridgehead atoms. The van der Waals surface area contributed by atoms with Gasteiger partial charge in [-0.1, -0.05) is 12.8 Å². The zero-order valence-corrected chi connectivity index (χ0v) is 13.3. The van der Waals surface area contributed by atoms with E-state index >= 15 is 0 Å². The Hall–Kier alpha value is -0.920. The van der Waals surface area contributed by atoms with Crippen LogP contribution in [0.3, 0.4) is 0 Å². The molecule has 118 valence electrons. The third-order valence-corrected chi connectivity index (χ3v) is 5.32. The number of hydrogen-bond donors (Lipinski definition) is 1. The molecule has 6 nitrogen and oxygen atoms in total. The van der Waals surface area contributed by atoms with Gasteiger partial charge in [-0.2, -0.15) is 5.10 Å². The fourth-order valence-corrected chi connectivity index (χ4v) is 4.08. The highest BCUT2D eigenvalue weighted by atomic mass is 32.2. The van der Waals surface area contributed by atoms with E-state index in [2.05, 4.69) is 25.5 Å². The molecule has 0 unspecified atom stereocenters. The molecule has 1 atom stereocenters. The van der Waals surface area contributed by atoms with Gasteiger partial charge >= 0.3 is 0 Å². The molecule has 0 saturated heterocycles. The van der Waals surface area contributed by atoms with Crippen molar-refractivity contribution >= 4 is 10.0 Å². The molecule has 21 heavy (non-hydrogen) atoms. The third-order valence-electron chi connectivity index (χ3n) is 4.59. The molecule has 1 saturated carbocycles. The Bertz CT molecular complexity index is 578. The standard InChI is InChI=1S/C14H24N4O2S/c1-21(19,20)16-9-7-14-11-17(12-4-2-3-5-12)10-13-6-8-15-18(13)14/h6,8,12,14,16H,2-5,7,9-11H2,1H3/t14-/m0/s1. The Morgan fingerprint density at radius 3 is 2.86 bits per heavy atom. The van der Waals surface area contributed by atoms with Crippen molar-refractivity contribution in [2.45, 2.75) is 50.7 Å². The molecule has 0 aromatic carbocycles. The normalized spacial score (nSPS) is 24.3. The maximum atomic E-state index is 11.2. The van der Waals surface area contributed by atoms with Crippen molar-refractivity contribution in [2.75, 3.05) is 19.3 Å². The predicted octanol–water partition coefficient (Wildman–Crippen LogP) is 1.12. The molecule has 1 aliphatic heterocycles. The lowest BCUT2D eigenvalue weighted by molar-refractivity contribution is 0.120. The van der Waals surface area contributed by atoms with Gasteiger partial charge in [0.25, 0.3) is 0 Å². The molecule has 1 aromatic rings. The Morgan fingerprint density at radius 1 is 1.38 bits per heavy atom. The first-order valence-electron chi connectivity index (χ1n) is 7.74. The van der Waals surface area contributed by atoms with Gasteiger partial charge in [0.2, 0.25) is 10.0 Å². The summed E-state index contributed by atoms with van der Waals surface area (Å²) in [6, 6.07) is 3.04. The summed E-state index contributed by atoms with van der Waals surface area (Å²) in [5, 5.41) is 4.43. The van der Waals surface area contributed by atoms with Gasteiger partial charge in [0.15, 0.2) is 0 Å². The van der Waals surface area contributed by atoms with Crippen LogP contribution in [0.5, 0.6) is 0 Å². The van der Waals surface area contributed by atoms with Gasteiger partial charge < -0.3 is 0 Å². The summed E-state index contributed by atoms with van der Waals surface area (Å²) in [4.78, 5) is 2.56. The first-order chi connectivity index (χ1) is 10.0. The van der Waals surface area contributed by atoms with Crippen LogP contribution in [-0.2, 0) is 16.6 Å². The van der Waals surface area contributed by atoms with E-state index in [0.717, 1.165) is 19.5 Å². The molecule has 3 rings (SSSR count). The SMILES string of the molecule is CS(=O)(=O)NCC[C@H]1CN(C2CCCC2)Cc2ccnn21. The lowest BCUT2D eigenvalue weighted by atomic mass is 10.1. The van der Waals surface area contributed by atoms with Gasteiger partial charge in [0.1, 0.15) is 0 Å². The van der Waals surface area contributed by atoms with E-state index in [1.54, 1.807) is 0 Å². The van der Waals surface area contributed by atoms with Crippen molar-refractivity contribution in [1.82, 2.24) is 19.4 Å². The van der Waals surface area contributed by atoms with E-state index in [9.17, 15) is 8.42 Å². The molecule has 1 aromatic heterocycles. The minimum absolute atomic E-state index is 0.263. The van der Waals surface area contributed by atoms with Crippen molar-refractivity contribution in [3.8, 4) is 0 Å². The summed E-state index contributed by atoms with van der Waals surface area (Å²) in [6.45, 7) is 2.42. The highest BCUT2D eigenvalue weighted by Gasteiger charge is 2.31. The topological polar surface area (TPSA) is 67.2 Å². The van der Waals surface area contributed by atoms with Crippen LogP contribution in [-0.4, -0.2) is 48.5 Å². The number of fused-ring (bicyclic) bond motifs is 1. The molecule has 0 spiro atoms. The van der Waals surface area contributed by atoms with Crippen LogP contribution >= 0.6 is 0 Å². The van der Waals surface area contributed by atoms with Gasteiger partial charge in [-0.05, 0) is 25.3 Å². The third kappa shape index (κ3) is 3.64. The largest absolute Gasteiger partial charge is 0.292 e. The maximum absolute atomic E-state index is 11.2. The molecule has 2 heterocycles. The van der Waals surface area contributed by atoms with Crippen LogP contribution in [0.1, 0.15) is 43.8 Å². The number of hydrogen-bond acceptors (Lipinski definition) is 4. The monoisotopic (exact) mass is 312 g/mol. The van der Waals surface area contributed by atoms with Gasteiger partial charge in [0.05, 0.1) is 18.0 Å². The Kier molecular flexibility index (Phi) is 4.33. The van der Waals surface area contributed by atoms with Crippen LogP contribution in [0.4, 0.5) is 0 Å². The first kappa shape index (κ1) is 15.0. The van der Waals surface area contributed by atoms with Crippen LogP contribution in [0, 0.1) is 0 Å². The van der Waals surface area contributed by atoms with Crippen molar-refractivity contribution in [1.29, 1.82) is 0 Å². The molecule has 0 amide bonds. The zero-order valence-electron chi connectivity index (χ0n) is 12.5. The van der Waals surface area contributed by atoms with Gasteiger partial charge in [0, 0.05) is 31.9 Å². The second-order valence-electron chi connectivity index (χ2n) is 6.24. The molecular weight excluding hydrogens is 288 g/mol. The summed E-state index contributed by atoms with van der Waals surface area (Å²) in [5.74, 6) is 0. The van der Waals surface area contributed by atoms with Crippen molar-refractivity contribution in [3.63, 3.8) is 0 Å². The van der Waals surface area contributed by atoms with Crippen molar-refractivity contribution in [2.24, 2.45) is 0 Å². The highest BCUT2D eigenvalue weighted by Crippen LogP contribution is 2.30. The highest BCUT2D eigenvalue weighted by molar-refractivity contribution is 7.88. The molecule has 2 aliphatic rings. The van der Waals surface area contributed by atoms with Gasteiger partial charge in [-0.3, -0.25) is 9.58 Å². The van der Waals surface area contributed by atoms with Gasteiger partial charge in [-0.25, -0.2) is 13.1 Å². The predicted molar refractivity (Wildman–Crippen MR) is 81.4 cm³/mol. The van der Waals surface area contributed by atoms with E-state index in [4.69, 9.17) is 0 Å². The summed E-state index contributed by atoms with van der Waals surface area (Å²) < 4.78 is 27.1. The van der Waals surface area contributed by atoms with E-state index < -0.39 is 10.0 Å². The molecule has 1 aliphatic carbocycles. The maximum Gasteiger partial charge on any atom is 0.208 e. The Balaban J connectivity index is 1.67. The average Bonchev–Trinajstić information content (AvgIpc) is 3.08. The van der Waals surface area contributed by atoms with E-state index in [0.29, 0.717) is 12.6 Å². The zero-order chi connectivity index (χ0) is 14.9. The van der Waals surface area contributed by atoms with Crippen LogP contribution in [0.2, 0.25) is 0 Å². The number of nitrogens with zero attached hydrogens (tertiary/aromatic N) is 3. The number of rotatable bonds is 5. The summed E-state index contributed by atoms with van der Waals surface area (Å²) in [7, 11) is -3.11. The van der Waals surface area contributed by atoms with Gasteiger partial charge in [-0.15, -0.1) is 0 Å². The Labute approximate surface area is 126 Å². The minimum Gasteiger partial charge on any atom is -0.292 e. The van der Waals surface area contributed by atoms with E-state index in [-0.39, 0.29) is 6.04 Å². The second-order valence-corrected chi connectivity index (χ2v) is 8.08. The van der Waals surface area contributed by atoms with Crippen LogP contribution in [0.25, 0.3) is 0 Å². The molecule has 0 radical (unpaired) electrons. The lowest BCUT2D eigenvalue weighted by Crippen LogP contribution is -2.43. The number of nitrogens with one attached hydrogen (secondary N) is 1. The number of sulfonamides is 1. The Morgan fingerprint density at radius 2 is 2.14 bits per heavy atom. The molecule has 1 fully saturated rings. The van der Waals surface area contributed by atoms with Crippen LogP contribution in [0.15, 0.2) is 12.3 Å². The minimum atomic E-state index is -3.11. The average molecular weight is 312 g/mol. The van der Waals surface area contributed by atoms with Crippen molar-refractivity contribution < 1.29 is 8.42 Å². The fourth-order valence-electron chi connectivity index (χ4n) is 3.59. The lowest BCUT2D eigenvalue weighted by Gasteiger charge is -2.37. The number of aromatic nitrogens is 2. The van der Waals surface area contributed by atoms with Crippen molar-refractivity contribution in [3.05, 3.63) is 18.0 Å². The fraction of sp³-hybridized carbons (Fsp3) is 0.786. The smallest absolute Gasteiger partial charge is 0.208 e. The summed E-state index contributed by atoms with van der Waals surface area (Å²) >= 11 is 0. The molecular formula is C14H24N4O2S. The van der Waals surface area contributed by atoms with Crippen LogP contribution < -0.4 is 4.72 Å². The van der Waals surface area contributed by atoms with E-state index in [1.165, 1.54) is 37.6 Å². The molecule has 7 heteroatoms. The summed E-state index contributed by atoms with van der Waals surface area (Å²) in [5.41, 5.74) is 1.25. The molecule has 1 N–H and O–H groups in total. The quantitative estimate of drug-likeness (QED) is 0.885. The first-order valence-corrected chi connectivity index (χ1v) is 9.63. The van der Waals surface area contributed by atoms with E-state index in [1.807, 2.05) is 6.20 Å².